The monoisotopic (exact) mass is 372 g/mol. The molecule has 1 atom stereocenters. The summed E-state index contributed by atoms with van der Waals surface area (Å²) in [5, 5.41) is 2.82. The Bertz CT molecular complexity index is 956. The van der Waals surface area contributed by atoms with E-state index in [1.165, 1.54) is 6.07 Å². The molecule has 0 aliphatic carbocycles. The zero-order chi connectivity index (χ0) is 18.1. The molecule has 136 valence electrons. The molecule has 2 aromatic carbocycles. The number of ether oxygens (including phenoxy) is 1. The van der Waals surface area contributed by atoms with E-state index < -0.39 is 10.0 Å². The third-order valence-corrected chi connectivity index (χ3v) is 6.24. The minimum absolute atomic E-state index is 0.0312. The Balaban J connectivity index is 1.62. The van der Waals surface area contributed by atoms with Crippen LogP contribution < -0.4 is 14.8 Å². The zero-order valence-electron chi connectivity index (χ0n) is 14.2. The second kappa shape index (κ2) is 6.74. The SMILES string of the molecule is O=C1CCCc2cc(S(=O)(=O)N[C@H]3CCOc4ccccc43)ccc2N1. The van der Waals surface area contributed by atoms with Gasteiger partial charge in [-0.05, 0) is 42.7 Å². The molecule has 0 unspecified atom stereocenters. The number of nitrogens with one attached hydrogen (secondary N) is 2. The molecular formula is C19H20N2O4S. The van der Waals surface area contributed by atoms with Crippen molar-refractivity contribution in [2.45, 2.75) is 36.6 Å². The number of sulfonamides is 1. The largest absolute Gasteiger partial charge is 0.493 e. The summed E-state index contributed by atoms with van der Waals surface area (Å²) in [6.07, 6.45) is 2.42. The van der Waals surface area contributed by atoms with Crippen molar-refractivity contribution >= 4 is 21.6 Å². The van der Waals surface area contributed by atoms with Gasteiger partial charge in [0.15, 0.2) is 0 Å². The van der Waals surface area contributed by atoms with Crippen LogP contribution in [0.3, 0.4) is 0 Å². The highest BCUT2D eigenvalue weighted by molar-refractivity contribution is 7.89. The first-order chi connectivity index (χ1) is 12.5. The molecule has 1 amide bonds. The van der Waals surface area contributed by atoms with Crippen molar-refractivity contribution in [3.05, 3.63) is 53.6 Å². The highest BCUT2D eigenvalue weighted by Crippen LogP contribution is 2.33. The first kappa shape index (κ1) is 17.1. The number of carbonyl (C=O) groups is 1. The van der Waals surface area contributed by atoms with Gasteiger partial charge in [-0.25, -0.2) is 13.1 Å². The number of anilines is 1. The summed E-state index contributed by atoms with van der Waals surface area (Å²) in [7, 11) is -3.68. The predicted molar refractivity (Wildman–Crippen MR) is 97.6 cm³/mol. The number of benzene rings is 2. The van der Waals surface area contributed by atoms with Crippen LogP contribution in [0.2, 0.25) is 0 Å². The van der Waals surface area contributed by atoms with E-state index in [9.17, 15) is 13.2 Å². The minimum Gasteiger partial charge on any atom is -0.493 e. The van der Waals surface area contributed by atoms with Crippen molar-refractivity contribution in [3.63, 3.8) is 0 Å². The molecule has 26 heavy (non-hydrogen) atoms. The lowest BCUT2D eigenvalue weighted by Gasteiger charge is -2.26. The van der Waals surface area contributed by atoms with Gasteiger partial charge in [-0.15, -0.1) is 0 Å². The molecule has 0 aromatic heterocycles. The Kier molecular flexibility index (Phi) is 4.42. The highest BCUT2D eigenvalue weighted by atomic mass is 32.2. The predicted octanol–water partition coefficient (Wildman–Crippen LogP) is 2.76. The molecule has 0 spiro atoms. The number of hydrogen-bond donors (Lipinski definition) is 2. The second-order valence-corrected chi connectivity index (χ2v) is 8.28. The normalized spacial score (nSPS) is 19.5. The second-order valence-electron chi connectivity index (χ2n) is 6.57. The molecule has 7 heteroatoms. The van der Waals surface area contributed by atoms with E-state index in [1.54, 1.807) is 12.1 Å². The van der Waals surface area contributed by atoms with Gasteiger partial charge in [-0.3, -0.25) is 4.79 Å². The molecule has 0 fully saturated rings. The lowest BCUT2D eigenvalue weighted by atomic mass is 10.0. The summed E-state index contributed by atoms with van der Waals surface area (Å²) in [6, 6.07) is 12.0. The Hall–Kier alpha value is -2.38. The molecule has 2 N–H and O–H groups in total. The maximum Gasteiger partial charge on any atom is 0.241 e. The zero-order valence-corrected chi connectivity index (χ0v) is 15.0. The standard InChI is InChI=1S/C19H20N2O4S/c22-19-7-3-4-13-12-14(8-9-16(13)20-19)26(23,24)21-17-10-11-25-18-6-2-1-5-15(17)18/h1-2,5-6,8-9,12,17,21H,3-4,7,10-11H2,(H,20,22)/t17-/m0/s1. The van der Waals surface area contributed by atoms with Crippen molar-refractivity contribution < 1.29 is 17.9 Å². The fourth-order valence-corrected chi connectivity index (χ4v) is 4.74. The maximum absolute atomic E-state index is 12.9. The number of amides is 1. The summed E-state index contributed by atoms with van der Waals surface area (Å²) in [4.78, 5) is 11.9. The third-order valence-electron chi connectivity index (χ3n) is 4.77. The molecule has 0 saturated carbocycles. The molecule has 0 radical (unpaired) electrons. The summed E-state index contributed by atoms with van der Waals surface area (Å²) in [5.74, 6) is 0.687. The number of aryl methyl sites for hydroxylation is 1. The Morgan fingerprint density at radius 2 is 1.96 bits per heavy atom. The minimum atomic E-state index is -3.68. The van der Waals surface area contributed by atoms with E-state index >= 15 is 0 Å². The first-order valence-corrected chi connectivity index (χ1v) is 10.2. The highest BCUT2D eigenvalue weighted by Gasteiger charge is 2.27. The summed E-state index contributed by atoms with van der Waals surface area (Å²) in [5.41, 5.74) is 2.40. The van der Waals surface area contributed by atoms with Gasteiger partial charge in [0.1, 0.15) is 5.75 Å². The van der Waals surface area contributed by atoms with Crippen LogP contribution in [0.1, 0.15) is 36.4 Å². The van der Waals surface area contributed by atoms with Gasteiger partial charge in [0.2, 0.25) is 15.9 Å². The van der Waals surface area contributed by atoms with E-state index in [4.69, 9.17) is 4.74 Å². The van der Waals surface area contributed by atoms with Crippen molar-refractivity contribution in [1.82, 2.24) is 4.72 Å². The van der Waals surface area contributed by atoms with Gasteiger partial charge in [-0.2, -0.15) is 0 Å². The summed E-state index contributed by atoms with van der Waals surface area (Å²) >= 11 is 0. The Labute approximate surface area is 152 Å². The van der Waals surface area contributed by atoms with Crippen molar-refractivity contribution in [1.29, 1.82) is 0 Å². The molecule has 6 nitrogen and oxygen atoms in total. The fourth-order valence-electron chi connectivity index (χ4n) is 3.44. The van der Waals surface area contributed by atoms with Crippen LogP contribution in [-0.4, -0.2) is 20.9 Å². The van der Waals surface area contributed by atoms with Crippen LogP contribution >= 0.6 is 0 Å². The number of fused-ring (bicyclic) bond motifs is 2. The van der Waals surface area contributed by atoms with Crippen molar-refractivity contribution in [2.75, 3.05) is 11.9 Å². The maximum atomic E-state index is 12.9. The third kappa shape index (κ3) is 3.32. The molecule has 0 bridgehead atoms. The fraction of sp³-hybridized carbons (Fsp3) is 0.316. The average Bonchev–Trinajstić information content (AvgIpc) is 2.81. The van der Waals surface area contributed by atoms with E-state index in [2.05, 4.69) is 10.0 Å². The summed E-state index contributed by atoms with van der Waals surface area (Å²) in [6.45, 7) is 0.473. The van der Waals surface area contributed by atoms with Crippen LogP contribution in [0.4, 0.5) is 5.69 Å². The van der Waals surface area contributed by atoms with E-state index in [0.717, 1.165) is 16.9 Å². The van der Waals surface area contributed by atoms with Crippen LogP contribution in [-0.2, 0) is 21.2 Å². The van der Waals surface area contributed by atoms with Gasteiger partial charge in [0.05, 0.1) is 17.5 Å². The van der Waals surface area contributed by atoms with Gasteiger partial charge in [0, 0.05) is 24.1 Å². The van der Waals surface area contributed by atoms with E-state index in [1.807, 2.05) is 24.3 Å². The van der Waals surface area contributed by atoms with Gasteiger partial charge < -0.3 is 10.1 Å². The van der Waals surface area contributed by atoms with Gasteiger partial charge in [0.25, 0.3) is 0 Å². The number of carbonyl (C=O) groups excluding carboxylic acids is 1. The summed E-state index contributed by atoms with van der Waals surface area (Å²) < 4.78 is 34.2. The molecule has 2 aromatic rings. The Morgan fingerprint density at radius 3 is 2.85 bits per heavy atom. The van der Waals surface area contributed by atoms with Crippen molar-refractivity contribution in [3.8, 4) is 5.75 Å². The van der Waals surface area contributed by atoms with Crippen LogP contribution in [0, 0.1) is 0 Å². The van der Waals surface area contributed by atoms with Crippen LogP contribution in [0.25, 0.3) is 0 Å². The van der Waals surface area contributed by atoms with Gasteiger partial charge in [-0.1, -0.05) is 18.2 Å². The number of hydrogen-bond acceptors (Lipinski definition) is 4. The molecule has 2 heterocycles. The van der Waals surface area contributed by atoms with Crippen molar-refractivity contribution in [2.24, 2.45) is 0 Å². The van der Waals surface area contributed by atoms with E-state index in [0.29, 0.717) is 38.0 Å². The molecule has 4 rings (SSSR count). The van der Waals surface area contributed by atoms with Crippen LogP contribution in [0.5, 0.6) is 5.75 Å². The molecule has 2 aliphatic heterocycles. The quantitative estimate of drug-likeness (QED) is 0.868. The number of rotatable bonds is 3. The van der Waals surface area contributed by atoms with E-state index in [-0.39, 0.29) is 16.8 Å². The number of para-hydroxylation sites is 1. The molecule has 2 aliphatic rings. The first-order valence-electron chi connectivity index (χ1n) is 8.70. The van der Waals surface area contributed by atoms with Crippen LogP contribution in [0.15, 0.2) is 47.4 Å². The Morgan fingerprint density at radius 1 is 1.12 bits per heavy atom. The average molecular weight is 372 g/mol. The van der Waals surface area contributed by atoms with Gasteiger partial charge >= 0.3 is 0 Å². The lowest BCUT2D eigenvalue weighted by molar-refractivity contribution is -0.116. The topological polar surface area (TPSA) is 84.5 Å². The molecular weight excluding hydrogens is 352 g/mol. The smallest absolute Gasteiger partial charge is 0.241 e. The molecule has 0 saturated heterocycles. The lowest BCUT2D eigenvalue weighted by Crippen LogP contribution is -2.32.